The van der Waals surface area contributed by atoms with Gasteiger partial charge in [0.2, 0.25) is 5.91 Å². The average molecular weight is 380 g/mol. The molecule has 0 aliphatic heterocycles. The molecule has 0 saturated carbocycles. The molecule has 4 nitrogen and oxygen atoms in total. The van der Waals surface area contributed by atoms with Gasteiger partial charge in [-0.15, -0.1) is 0 Å². The summed E-state index contributed by atoms with van der Waals surface area (Å²) in [6, 6.07) is 13.6. The van der Waals surface area contributed by atoms with Gasteiger partial charge in [-0.1, -0.05) is 24.3 Å². The summed E-state index contributed by atoms with van der Waals surface area (Å²) in [5.41, 5.74) is 5.12. The molecule has 0 aromatic heterocycles. The molecule has 0 fully saturated rings. The van der Waals surface area contributed by atoms with E-state index in [0.717, 1.165) is 29.7 Å². The van der Waals surface area contributed by atoms with Gasteiger partial charge in [0.15, 0.2) is 5.78 Å². The van der Waals surface area contributed by atoms with E-state index < -0.39 is 0 Å². The molecule has 0 bridgehead atoms. The van der Waals surface area contributed by atoms with Crippen molar-refractivity contribution in [2.24, 2.45) is 0 Å². The van der Waals surface area contributed by atoms with Crippen molar-refractivity contribution >= 4 is 17.4 Å². The normalized spacial score (nSPS) is 13.2. The smallest absolute Gasteiger partial charge is 0.224 e. The van der Waals surface area contributed by atoms with Crippen molar-refractivity contribution in [1.29, 1.82) is 0 Å². The molecule has 28 heavy (non-hydrogen) atoms. The Kier molecular flexibility index (Phi) is 6.99. The van der Waals surface area contributed by atoms with Crippen LogP contribution in [0.25, 0.3) is 0 Å². The Morgan fingerprint density at radius 2 is 1.79 bits per heavy atom. The molecule has 2 aromatic rings. The zero-order valence-electron chi connectivity index (χ0n) is 16.8. The van der Waals surface area contributed by atoms with Gasteiger partial charge in [0.25, 0.3) is 0 Å². The number of hydrogen-bond acceptors (Lipinski definition) is 3. The van der Waals surface area contributed by atoms with Crippen molar-refractivity contribution in [1.82, 2.24) is 0 Å². The third-order valence-corrected chi connectivity index (χ3v) is 5.04. The predicted octanol–water partition coefficient (Wildman–Crippen LogP) is 5.09. The summed E-state index contributed by atoms with van der Waals surface area (Å²) in [7, 11) is 0. The summed E-state index contributed by atoms with van der Waals surface area (Å²) in [5.74, 6) is -0.115. The van der Waals surface area contributed by atoms with Gasteiger partial charge in [-0.05, 0) is 74.4 Å². The topological polar surface area (TPSA) is 55.4 Å². The Morgan fingerprint density at radius 3 is 2.57 bits per heavy atom. The number of nitrogens with one attached hydrogen (secondary N) is 1. The molecule has 1 aliphatic rings. The predicted molar refractivity (Wildman–Crippen MR) is 112 cm³/mol. The summed E-state index contributed by atoms with van der Waals surface area (Å²) in [6.07, 6.45) is 5.14. The molecule has 4 heteroatoms. The number of ketones is 1. The summed E-state index contributed by atoms with van der Waals surface area (Å²) in [4.78, 5) is 24.8. The van der Waals surface area contributed by atoms with E-state index in [2.05, 4.69) is 11.4 Å². The Hall–Kier alpha value is -2.46. The van der Waals surface area contributed by atoms with E-state index in [-0.39, 0.29) is 30.6 Å². The van der Waals surface area contributed by atoms with Crippen LogP contribution in [0.1, 0.15) is 66.6 Å². The van der Waals surface area contributed by atoms with Gasteiger partial charge >= 0.3 is 0 Å². The SMILES string of the molecule is CC(C)OCc1cccc(NC(=O)CCC(=O)c2ccc3c(c2)CCCC3)c1. The van der Waals surface area contributed by atoms with E-state index >= 15 is 0 Å². The standard InChI is InChI=1S/C24H29NO3/c1-17(2)28-16-18-6-5-9-22(14-18)25-24(27)13-12-23(26)21-11-10-19-7-3-4-8-20(19)15-21/h5-6,9-11,14-15,17H,3-4,7-8,12-13,16H2,1-2H3,(H,25,27). The second-order valence-corrected chi connectivity index (χ2v) is 7.72. The monoisotopic (exact) mass is 379 g/mol. The lowest BCUT2D eigenvalue weighted by molar-refractivity contribution is -0.116. The molecule has 0 atom stereocenters. The molecular weight excluding hydrogens is 350 g/mol. The number of carbonyl (C=O) groups is 2. The average Bonchev–Trinajstić information content (AvgIpc) is 2.70. The van der Waals surface area contributed by atoms with Crippen molar-refractivity contribution in [3.8, 4) is 0 Å². The Bertz CT molecular complexity index is 841. The lowest BCUT2D eigenvalue weighted by Gasteiger charge is -2.16. The number of carbonyl (C=O) groups excluding carboxylic acids is 2. The van der Waals surface area contributed by atoms with Crippen molar-refractivity contribution in [3.63, 3.8) is 0 Å². The van der Waals surface area contributed by atoms with Crippen LogP contribution in [0.15, 0.2) is 42.5 Å². The maximum Gasteiger partial charge on any atom is 0.224 e. The molecule has 0 radical (unpaired) electrons. The van der Waals surface area contributed by atoms with Crippen LogP contribution in [-0.4, -0.2) is 17.8 Å². The maximum absolute atomic E-state index is 12.5. The van der Waals surface area contributed by atoms with E-state index in [4.69, 9.17) is 4.74 Å². The first-order chi connectivity index (χ1) is 13.5. The second-order valence-electron chi connectivity index (χ2n) is 7.72. The van der Waals surface area contributed by atoms with Crippen molar-refractivity contribution in [3.05, 3.63) is 64.7 Å². The van der Waals surface area contributed by atoms with Crippen LogP contribution in [-0.2, 0) is 29.0 Å². The number of rotatable bonds is 8. The minimum atomic E-state index is -0.145. The molecule has 0 unspecified atom stereocenters. The number of anilines is 1. The van der Waals surface area contributed by atoms with Crippen LogP contribution in [0.4, 0.5) is 5.69 Å². The van der Waals surface area contributed by atoms with Crippen LogP contribution in [0.2, 0.25) is 0 Å². The number of hydrogen-bond donors (Lipinski definition) is 1. The molecular formula is C24H29NO3. The first-order valence-electron chi connectivity index (χ1n) is 10.2. The van der Waals surface area contributed by atoms with Crippen LogP contribution in [0, 0.1) is 0 Å². The van der Waals surface area contributed by atoms with E-state index in [9.17, 15) is 9.59 Å². The molecule has 1 amide bonds. The van der Waals surface area contributed by atoms with E-state index in [1.54, 1.807) is 0 Å². The van der Waals surface area contributed by atoms with Crippen molar-refractivity contribution < 1.29 is 14.3 Å². The fourth-order valence-corrected chi connectivity index (χ4v) is 3.50. The minimum absolute atomic E-state index is 0.0302. The number of amides is 1. The third-order valence-electron chi connectivity index (χ3n) is 5.04. The fourth-order valence-electron chi connectivity index (χ4n) is 3.50. The fraction of sp³-hybridized carbons (Fsp3) is 0.417. The molecule has 2 aromatic carbocycles. The summed E-state index contributed by atoms with van der Waals surface area (Å²) >= 11 is 0. The quantitative estimate of drug-likeness (QED) is 0.650. The highest BCUT2D eigenvalue weighted by atomic mass is 16.5. The molecule has 0 spiro atoms. The maximum atomic E-state index is 12.5. The van der Waals surface area contributed by atoms with Crippen LogP contribution >= 0.6 is 0 Å². The zero-order chi connectivity index (χ0) is 19.9. The van der Waals surface area contributed by atoms with E-state index in [1.165, 1.54) is 24.0 Å². The Morgan fingerprint density at radius 1 is 1.00 bits per heavy atom. The lowest BCUT2D eigenvalue weighted by Crippen LogP contribution is -2.14. The molecule has 3 rings (SSSR count). The molecule has 148 valence electrons. The molecule has 0 saturated heterocycles. The summed E-state index contributed by atoms with van der Waals surface area (Å²) in [5, 5.41) is 2.88. The highest BCUT2D eigenvalue weighted by molar-refractivity contribution is 6.00. The number of ether oxygens (including phenoxy) is 1. The Labute approximate surface area is 167 Å². The van der Waals surface area contributed by atoms with Crippen LogP contribution < -0.4 is 5.32 Å². The largest absolute Gasteiger partial charge is 0.374 e. The van der Waals surface area contributed by atoms with E-state index in [0.29, 0.717) is 6.61 Å². The minimum Gasteiger partial charge on any atom is -0.374 e. The van der Waals surface area contributed by atoms with Gasteiger partial charge in [-0.2, -0.15) is 0 Å². The molecule has 1 aliphatic carbocycles. The highest BCUT2D eigenvalue weighted by Gasteiger charge is 2.14. The van der Waals surface area contributed by atoms with Gasteiger partial charge < -0.3 is 10.1 Å². The molecule has 1 N–H and O–H groups in total. The summed E-state index contributed by atoms with van der Waals surface area (Å²) < 4.78 is 5.60. The first kappa shape index (κ1) is 20.3. The third kappa shape index (κ3) is 5.77. The molecule has 0 heterocycles. The van der Waals surface area contributed by atoms with Gasteiger partial charge in [-0.3, -0.25) is 9.59 Å². The van der Waals surface area contributed by atoms with Crippen molar-refractivity contribution in [2.75, 3.05) is 5.32 Å². The second kappa shape index (κ2) is 9.65. The first-order valence-corrected chi connectivity index (χ1v) is 10.2. The number of aryl methyl sites for hydroxylation is 2. The number of benzene rings is 2. The van der Waals surface area contributed by atoms with Crippen LogP contribution in [0.3, 0.4) is 0 Å². The van der Waals surface area contributed by atoms with Crippen LogP contribution in [0.5, 0.6) is 0 Å². The number of Topliss-reactive ketones (excluding diaryl/α,β-unsaturated/α-hetero) is 1. The van der Waals surface area contributed by atoms with Crippen molar-refractivity contribution in [2.45, 2.75) is 65.1 Å². The number of fused-ring (bicyclic) bond motifs is 1. The van der Waals surface area contributed by atoms with Gasteiger partial charge in [-0.25, -0.2) is 0 Å². The highest BCUT2D eigenvalue weighted by Crippen LogP contribution is 2.23. The Balaban J connectivity index is 1.51. The van der Waals surface area contributed by atoms with Gasteiger partial charge in [0, 0.05) is 24.1 Å². The lowest BCUT2D eigenvalue weighted by atomic mass is 9.89. The van der Waals surface area contributed by atoms with Gasteiger partial charge in [0.1, 0.15) is 0 Å². The van der Waals surface area contributed by atoms with E-state index in [1.807, 2.05) is 50.2 Å². The zero-order valence-corrected chi connectivity index (χ0v) is 16.8. The van der Waals surface area contributed by atoms with Gasteiger partial charge in [0.05, 0.1) is 12.7 Å². The summed E-state index contributed by atoms with van der Waals surface area (Å²) in [6.45, 7) is 4.49.